The van der Waals surface area contributed by atoms with Crippen LogP contribution in [0.3, 0.4) is 0 Å². The van der Waals surface area contributed by atoms with E-state index in [4.69, 9.17) is 4.74 Å². The van der Waals surface area contributed by atoms with Gasteiger partial charge in [0.05, 0.1) is 17.6 Å². The van der Waals surface area contributed by atoms with E-state index in [2.05, 4.69) is 10.3 Å². The van der Waals surface area contributed by atoms with Crippen LogP contribution in [0.1, 0.15) is 44.9 Å². The van der Waals surface area contributed by atoms with Crippen molar-refractivity contribution in [2.75, 3.05) is 12.9 Å². The van der Waals surface area contributed by atoms with E-state index in [0.29, 0.717) is 29.7 Å². The lowest BCUT2D eigenvalue weighted by atomic mass is 9.81. The van der Waals surface area contributed by atoms with Gasteiger partial charge in [-0.3, -0.25) is 4.79 Å². The summed E-state index contributed by atoms with van der Waals surface area (Å²) >= 11 is 0. The van der Waals surface area contributed by atoms with Crippen LogP contribution in [0, 0.1) is 0 Å². The number of imidazole rings is 1. The van der Waals surface area contributed by atoms with E-state index >= 15 is 0 Å². The fourth-order valence-electron chi connectivity index (χ4n) is 3.90. The third-order valence-electron chi connectivity index (χ3n) is 5.18. The third-order valence-corrected chi connectivity index (χ3v) is 5.96. The van der Waals surface area contributed by atoms with Crippen LogP contribution in [0.4, 0.5) is 0 Å². The lowest BCUT2D eigenvalue weighted by molar-refractivity contribution is -0.155. The Bertz CT molecular complexity index is 1010. The molecule has 9 heteroatoms. The Labute approximate surface area is 170 Å². The van der Waals surface area contributed by atoms with Crippen LogP contribution in [0.2, 0.25) is 0 Å². The Morgan fingerprint density at radius 3 is 2.55 bits per heavy atom. The molecule has 29 heavy (non-hydrogen) atoms. The highest BCUT2D eigenvalue weighted by Crippen LogP contribution is 2.30. The second-order valence-electron chi connectivity index (χ2n) is 7.58. The van der Waals surface area contributed by atoms with Gasteiger partial charge in [-0.15, -0.1) is 0 Å². The minimum Gasteiger partial charge on any atom is -0.464 e. The van der Waals surface area contributed by atoms with Crippen molar-refractivity contribution >= 4 is 32.7 Å². The highest BCUT2D eigenvalue weighted by molar-refractivity contribution is 7.89. The first-order chi connectivity index (χ1) is 13.7. The molecule has 0 bridgehead atoms. The number of nitrogens with zero attached hydrogens (tertiary/aromatic N) is 2. The SMILES string of the molecule is CCOC(=O)C1(NC(=O)Cn2c(CS(C)(=O)=O)nc3ccccc32)CCCCC1. The van der Waals surface area contributed by atoms with Gasteiger partial charge in [0.15, 0.2) is 9.84 Å². The molecular formula is C20H27N3O5S. The summed E-state index contributed by atoms with van der Waals surface area (Å²) < 4.78 is 30.5. The van der Waals surface area contributed by atoms with Crippen molar-refractivity contribution in [3.05, 3.63) is 30.1 Å². The fourth-order valence-corrected chi connectivity index (χ4v) is 4.59. The minimum atomic E-state index is -3.33. The minimum absolute atomic E-state index is 0.119. The maximum absolute atomic E-state index is 12.9. The number of rotatable bonds is 7. The number of para-hydroxylation sites is 2. The molecule has 158 valence electrons. The number of sulfone groups is 1. The van der Waals surface area contributed by atoms with Gasteiger partial charge in [0, 0.05) is 6.26 Å². The molecule has 1 aromatic heterocycles. The number of carbonyl (C=O) groups is 2. The number of carbonyl (C=O) groups excluding carboxylic acids is 2. The Hall–Kier alpha value is -2.42. The van der Waals surface area contributed by atoms with Crippen LogP contribution in [0.5, 0.6) is 0 Å². The van der Waals surface area contributed by atoms with Crippen LogP contribution in [0.25, 0.3) is 11.0 Å². The average molecular weight is 422 g/mol. The molecule has 2 aromatic rings. The normalized spacial score (nSPS) is 16.5. The zero-order valence-corrected chi connectivity index (χ0v) is 17.6. The van der Waals surface area contributed by atoms with Crippen molar-refractivity contribution in [3.63, 3.8) is 0 Å². The van der Waals surface area contributed by atoms with E-state index in [9.17, 15) is 18.0 Å². The first kappa shape index (κ1) is 21.3. The molecule has 1 amide bonds. The van der Waals surface area contributed by atoms with Gasteiger partial charge >= 0.3 is 5.97 Å². The molecule has 1 aliphatic carbocycles. The van der Waals surface area contributed by atoms with E-state index in [0.717, 1.165) is 25.5 Å². The molecular weight excluding hydrogens is 394 g/mol. The van der Waals surface area contributed by atoms with E-state index in [-0.39, 0.29) is 24.8 Å². The van der Waals surface area contributed by atoms with E-state index in [1.807, 2.05) is 12.1 Å². The fraction of sp³-hybridized carbons (Fsp3) is 0.550. The van der Waals surface area contributed by atoms with Gasteiger partial charge < -0.3 is 14.6 Å². The van der Waals surface area contributed by atoms with Crippen LogP contribution in [-0.2, 0) is 36.5 Å². The third kappa shape index (κ3) is 4.95. The molecule has 0 saturated heterocycles. The van der Waals surface area contributed by atoms with Gasteiger partial charge in [0.1, 0.15) is 23.7 Å². The van der Waals surface area contributed by atoms with E-state index in [1.165, 1.54) is 0 Å². The van der Waals surface area contributed by atoms with E-state index in [1.54, 1.807) is 23.6 Å². The lowest BCUT2D eigenvalue weighted by Gasteiger charge is -2.35. The van der Waals surface area contributed by atoms with Gasteiger partial charge in [-0.05, 0) is 31.9 Å². The van der Waals surface area contributed by atoms with Gasteiger partial charge in [-0.25, -0.2) is 18.2 Å². The summed E-state index contributed by atoms with van der Waals surface area (Å²) in [5, 5.41) is 2.90. The second-order valence-corrected chi connectivity index (χ2v) is 9.72. The highest BCUT2D eigenvalue weighted by atomic mass is 32.2. The first-order valence-corrected chi connectivity index (χ1v) is 11.9. The Balaban J connectivity index is 1.88. The molecule has 0 spiro atoms. The van der Waals surface area contributed by atoms with Crippen LogP contribution in [0.15, 0.2) is 24.3 Å². The molecule has 1 fully saturated rings. The topological polar surface area (TPSA) is 107 Å². The zero-order valence-electron chi connectivity index (χ0n) is 16.8. The number of hydrogen-bond acceptors (Lipinski definition) is 6. The molecule has 0 unspecified atom stereocenters. The van der Waals surface area contributed by atoms with Gasteiger partial charge in [-0.1, -0.05) is 31.4 Å². The summed E-state index contributed by atoms with van der Waals surface area (Å²) in [6.45, 7) is 1.87. The maximum Gasteiger partial charge on any atom is 0.331 e. The van der Waals surface area contributed by atoms with Crippen molar-refractivity contribution in [2.45, 2.75) is 56.9 Å². The van der Waals surface area contributed by atoms with Crippen molar-refractivity contribution in [1.29, 1.82) is 0 Å². The summed E-state index contributed by atoms with van der Waals surface area (Å²) in [5.41, 5.74) is 0.283. The number of ether oxygens (including phenoxy) is 1. The summed E-state index contributed by atoms with van der Waals surface area (Å²) in [4.78, 5) is 29.9. The van der Waals surface area contributed by atoms with Crippen molar-refractivity contribution in [2.24, 2.45) is 0 Å². The van der Waals surface area contributed by atoms with Crippen molar-refractivity contribution in [1.82, 2.24) is 14.9 Å². The monoisotopic (exact) mass is 421 g/mol. The molecule has 3 rings (SSSR count). The first-order valence-electron chi connectivity index (χ1n) is 9.84. The smallest absolute Gasteiger partial charge is 0.331 e. The van der Waals surface area contributed by atoms with Crippen molar-refractivity contribution < 1.29 is 22.7 Å². The largest absolute Gasteiger partial charge is 0.464 e. The molecule has 1 aromatic carbocycles. The predicted molar refractivity (Wildman–Crippen MR) is 109 cm³/mol. The number of benzene rings is 1. The molecule has 8 nitrogen and oxygen atoms in total. The molecule has 1 N–H and O–H groups in total. The molecule has 1 aliphatic rings. The molecule has 0 aliphatic heterocycles. The molecule has 1 saturated carbocycles. The van der Waals surface area contributed by atoms with Crippen LogP contribution in [-0.4, -0.2) is 48.2 Å². The Morgan fingerprint density at radius 2 is 1.90 bits per heavy atom. The van der Waals surface area contributed by atoms with Gasteiger partial charge in [0.25, 0.3) is 0 Å². The Morgan fingerprint density at radius 1 is 1.21 bits per heavy atom. The number of fused-ring (bicyclic) bond motifs is 1. The summed E-state index contributed by atoms with van der Waals surface area (Å²) in [7, 11) is -3.33. The summed E-state index contributed by atoms with van der Waals surface area (Å²) in [5.74, 6) is -0.728. The standard InChI is InChI=1S/C20H27N3O5S/c1-3-28-19(25)20(11-7-4-8-12-20)22-18(24)13-23-16-10-6-5-9-15(16)21-17(23)14-29(2,26)27/h5-6,9-10H,3-4,7-8,11-14H2,1-2H3,(H,22,24). The van der Waals surface area contributed by atoms with Crippen LogP contribution >= 0.6 is 0 Å². The summed E-state index contributed by atoms with van der Waals surface area (Å²) in [6, 6.07) is 7.19. The second kappa shape index (κ2) is 8.52. The quantitative estimate of drug-likeness (QED) is 0.685. The number of aromatic nitrogens is 2. The number of esters is 1. The molecule has 0 atom stereocenters. The van der Waals surface area contributed by atoms with E-state index < -0.39 is 21.3 Å². The molecule has 1 heterocycles. The van der Waals surface area contributed by atoms with Gasteiger partial charge in [-0.2, -0.15) is 0 Å². The maximum atomic E-state index is 12.9. The number of hydrogen-bond donors (Lipinski definition) is 1. The summed E-state index contributed by atoms with van der Waals surface area (Å²) in [6.07, 6.45) is 4.91. The van der Waals surface area contributed by atoms with Crippen molar-refractivity contribution in [3.8, 4) is 0 Å². The van der Waals surface area contributed by atoms with Crippen LogP contribution < -0.4 is 5.32 Å². The zero-order chi connectivity index (χ0) is 21.1. The average Bonchev–Trinajstić information content (AvgIpc) is 2.98. The lowest BCUT2D eigenvalue weighted by Crippen LogP contribution is -2.57. The number of amides is 1. The molecule has 0 radical (unpaired) electrons. The van der Waals surface area contributed by atoms with Gasteiger partial charge in [0.2, 0.25) is 5.91 Å². The predicted octanol–water partition coefficient (Wildman–Crippen LogP) is 1.96. The number of nitrogens with one attached hydrogen (secondary N) is 1. The highest BCUT2D eigenvalue weighted by Gasteiger charge is 2.42. The Kier molecular flexibility index (Phi) is 6.26.